The van der Waals surface area contributed by atoms with Gasteiger partial charge in [-0.05, 0) is 25.0 Å². The molecule has 142 valence electrons. The van der Waals surface area contributed by atoms with Crippen molar-refractivity contribution >= 4 is 17.7 Å². The maximum Gasteiger partial charge on any atom is 0.233 e. The maximum absolute atomic E-state index is 12.4. The Morgan fingerprint density at radius 3 is 2.44 bits per heavy atom. The Hall–Kier alpha value is -2.83. The smallest absolute Gasteiger partial charge is 0.233 e. The molecule has 7 heteroatoms. The number of nitrogens with one attached hydrogen (secondary N) is 1. The molecule has 2 heterocycles. The predicted molar refractivity (Wildman–Crippen MR) is 96.1 cm³/mol. The highest BCUT2D eigenvalue weighted by Gasteiger charge is 2.46. The van der Waals surface area contributed by atoms with Crippen molar-refractivity contribution in [3.8, 4) is 11.5 Å². The van der Waals surface area contributed by atoms with E-state index in [0.717, 1.165) is 0 Å². The van der Waals surface area contributed by atoms with E-state index in [0.29, 0.717) is 37.5 Å². The third kappa shape index (κ3) is 3.54. The number of imide groups is 1. The van der Waals surface area contributed by atoms with Gasteiger partial charge in [0.05, 0.1) is 18.4 Å². The van der Waals surface area contributed by atoms with Gasteiger partial charge in [0.15, 0.2) is 11.5 Å². The summed E-state index contributed by atoms with van der Waals surface area (Å²) in [4.78, 5) is 38.2. The van der Waals surface area contributed by atoms with E-state index in [2.05, 4.69) is 5.32 Å². The van der Waals surface area contributed by atoms with Crippen molar-refractivity contribution in [2.45, 2.75) is 25.4 Å². The summed E-state index contributed by atoms with van der Waals surface area (Å²) in [7, 11) is 0. The first-order chi connectivity index (χ1) is 13.1. The van der Waals surface area contributed by atoms with E-state index in [1.165, 1.54) is 4.90 Å². The van der Waals surface area contributed by atoms with E-state index in [1.54, 1.807) is 0 Å². The first-order valence-electron chi connectivity index (χ1n) is 9.29. The Kier molecular flexibility index (Phi) is 4.83. The van der Waals surface area contributed by atoms with Gasteiger partial charge in [-0.25, -0.2) is 0 Å². The van der Waals surface area contributed by atoms with Crippen LogP contribution in [0.15, 0.2) is 36.4 Å². The molecule has 0 spiro atoms. The van der Waals surface area contributed by atoms with Crippen molar-refractivity contribution in [2.75, 3.05) is 19.7 Å². The topological polar surface area (TPSA) is 84.9 Å². The lowest BCUT2D eigenvalue weighted by molar-refractivity contribution is -0.140. The van der Waals surface area contributed by atoms with E-state index >= 15 is 0 Å². The number of amides is 3. The van der Waals surface area contributed by atoms with Crippen LogP contribution in [0.5, 0.6) is 11.5 Å². The highest BCUT2D eigenvalue weighted by Crippen LogP contribution is 2.35. The number of hydrogen-bond acceptors (Lipinski definition) is 5. The van der Waals surface area contributed by atoms with Crippen LogP contribution < -0.4 is 14.8 Å². The van der Waals surface area contributed by atoms with Crippen molar-refractivity contribution in [3.63, 3.8) is 0 Å². The van der Waals surface area contributed by atoms with Crippen LogP contribution in [0.3, 0.4) is 0 Å². The minimum absolute atomic E-state index is 0.0918. The second kappa shape index (κ2) is 7.42. The number of rotatable bonds is 5. The second-order valence-electron chi connectivity index (χ2n) is 7.04. The fourth-order valence-electron chi connectivity index (χ4n) is 3.78. The molecule has 1 aliphatic carbocycles. The number of likely N-dealkylation sites (tertiary alicyclic amines) is 1. The molecule has 0 saturated carbocycles. The molecule has 2 aliphatic heterocycles. The molecule has 4 rings (SSSR count). The average molecular weight is 370 g/mol. The van der Waals surface area contributed by atoms with Crippen molar-refractivity contribution in [3.05, 3.63) is 36.4 Å². The van der Waals surface area contributed by atoms with Gasteiger partial charge in [-0.15, -0.1) is 0 Å². The number of carbonyl (C=O) groups excluding carboxylic acids is 3. The van der Waals surface area contributed by atoms with Crippen LogP contribution in [0.1, 0.15) is 19.3 Å². The predicted octanol–water partition coefficient (Wildman–Crippen LogP) is 1.28. The van der Waals surface area contributed by atoms with Crippen LogP contribution in [0.25, 0.3) is 0 Å². The molecule has 0 aromatic heterocycles. The molecule has 1 saturated heterocycles. The third-order valence-corrected chi connectivity index (χ3v) is 5.26. The standard InChI is InChI=1S/C20H22N2O5/c23-18(21-11-13-12-26-16-7-3-4-8-17(16)27-13)9-10-22-19(24)14-5-1-2-6-15(14)20(22)25/h1-4,7-8,13-15H,5-6,9-12H2,(H,21,23)/t13?,14-,15+. The summed E-state index contributed by atoms with van der Waals surface area (Å²) in [6, 6.07) is 7.39. The normalized spacial score (nSPS) is 26.1. The number of hydrogen-bond donors (Lipinski definition) is 1. The largest absolute Gasteiger partial charge is 0.486 e. The quantitative estimate of drug-likeness (QED) is 0.624. The fourth-order valence-corrected chi connectivity index (χ4v) is 3.78. The van der Waals surface area contributed by atoms with Gasteiger partial charge in [0.1, 0.15) is 12.7 Å². The Balaban J connectivity index is 1.24. The molecule has 1 N–H and O–H groups in total. The lowest BCUT2D eigenvalue weighted by atomic mass is 9.85. The number of nitrogens with zero attached hydrogens (tertiary/aromatic N) is 1. The van der Waals surface area contributed by atoms with Crippen LogP contribution >= 0.6 is 0 Å². The van der Waals surface area contributed by atoms with Crippen molar-refractivity contribution in [2.24, 2.45) is 11.8 Å². The number of para-hydroxylation sites is 2. The van der Waals surface area contributed by atoms with E-state index in [4.69, 9.17) is 9.47 Å². The summed E-state index contributed by atoms with van der Waals surface area (Å²) in [6.45, 7) is 0.794. The second-order valence-corrected chi connectivity index (χ2v) is 7.04. The van der Waals surface area contributed by atoms with Gasteiger partial charge in [0.2, 0.25) is 17.7 Å². The zero-order chi connectivity index (χ0) is 18.8. The summed E-state index contributed by atoms with van der Waals surface area (Å²) in [5, 5.41) is 2.79. The van der Waals surface area contributed by atoms with Gasteiger partial charge < -0.3 is 14.8 Å². The zero-order valence-corrected chi connectivity index (χ0v) is 14.9. The van der Waals surface area contributed by atoms with E-state index < -0.39 is 0 Å². The van der Waals surface area contributed by atoms with Crippen molar-refractivity contribution in [1.29, 1.82) is 0 Å². The molecule has 3 atom stereocenters. The van der Waals surface area contributed by atoms with E-state index in [-0.39, 0.29) is 48.6 Å². The molecule has 1 fully saturated rings. The Morgan fingerprint density at radius 1 is 1.07 bits per heavy atom. The molecule has 3 amide bonds. The summed E-state index contributed by atoms with van der Waals surface area (Å²) in [6.07, 6.45) is 4.94. The molecule has 1 unspecified atom stereocenters. The number of allylic oxidation sites excluding steroid dienone is 2. The molecule has 0 bridgehead atoms. The monoisotopic (exact) mass is 370 g/mol. The van der Waals surface area contributed by atoms with Crippen LogP contribution in [0.4, 0.5) is 0 Å². The molecular formula is C20H22N2O5. The molecule has 7 nitrogen and oxygen atoms in total. The SMILES string of the molecule is O=C(CCN1C(=O)[C@H]2CC=CC[C@H]2C1=O)NCC1COc2ccccc2O1. The van der Waals surface area contributed by atoms with Crippen molar-refractivity contribution < 1.29 is 23.9 Å². The first-order valence-corrected chi connectivity index (χ1v) is 9.29. The number of fused-ring (bicyclic) bond motifs is 2. The van der Waals surface area contributed by atoms with Crippen LogP contribution in [0, 0.1) is 11.8 Å². The highest BCUT2D eigenvalue weighted by molar-refractivity contribution is 6.05. The molecule has 27 heavy (non-hydrogen) atoms. The minimum Gasteiger partial charge on any atom is -0.486 e. The molecule has 1 aromatic rings. The van der Waals surface area contributed by atoms with Crippen LogP contribution in [-0.2, 0) is 14.4 Å². The van der Waals surface area contributed by atoms with Gasteiger partial charge in [-0.2, -0.15) is 0 Å². The fraction of sp³-hybridized carbons (Fsp3) is 0.450. The highest BCUT2D eigenvalue weighted by atomic mass is 16.6. The first kappa shape index (κ1) is 17.6. The van der Waals surface area contributed by atoms with Crippen molar-refractivity contribution in [1.82, 2.24) is 10.2 Å². The number of ether oxygens (including phenoxy) is 2. The van der Waals surface area contributed by atoms with Gasteiger partial charge in [0.25, 0.3) is 0 Å². The van der Waals surface area contributed by atoms with Gasteiger partial charge >= 0.3 is 0 Å². The number of carbonyl (C=O) groups is 3. The maximum atomic E-state index is 12.4. The van der Waals surface area contributed by atoms with Crippen LogP contribution in [-0.4, -0.2) is 48.4 Å². The third-order valence-electron chi connectivity index (χ3n) is 5.26. The molecule has 3 aliphatic rings. The zero-order valence-electron chi connectivity index (χ0n) is 14.9. The minimum atomic E-state index is -0.271. The number of benzene rings is 1. The Morgan fingerprint density at radius 2 is 1.74 bits per heavy atom. The van der Waals surface area contributed by atoms with Gasteiger partial charge in [0, 0.05) is 13.0 Å². The summed E-state index contributed by atoms with van der Waals surface area (Å²) < 4.78 is 11.4. The van der Waals surface area contributed by atoms with Gasteiger partial charge in [-0.3, -0.25) is 19.3 Å². The Bertz CT molecular complexity index is 764. The molecule has 1 aromatic carbocycles. The lowest BCUT2D eigenvalue weighted by Gasteiger charge is -2.26. The average Bonchev–Trinajstić information content (AvgIpc) is 2.95. The van der Waals surface area contributed by atoms with E-state index in [9.17, 15) is 14.4 Å². The molecular weight excluding hydrogens is 348 g/mol. The summed E-state index contributed by atoms with van der Waals surface area (Å²) >= 11 is 0. The lowest BCUT2D eigenvalue weighted by Crippen LogP contribution is -2.42. The summed E-state index contributed by atoms with van der Waals surface area (Å²) in [5.74, 6) is 0.336. The Labute approximate surface area is 157 Å². The molecule has 0 radical (unpaired) electrons. The van der Waals surface area contributed by atoms with Crippen LogP contribution in [0.2, 0.25) is 0 Å². The van der Waals surface area contributed by atoms with Gasteiger partial charge in [-0.1, -0.05) is 24.3 Å². The van der Waals surface area contributed by atoms with E-state index in [1.807, 2.05) is 36.4 Å². The summed E-state index contributed by atoms with van der Waals surface area (Å²) in [5.41, 5.74) is 0.